The third-order valence-electron chi connectivity index (χ3n) is 2.61. The number of aryl methyl sites for hydroxylation is 1. The maximum Gasteiger partial charge on any atom is 0.573 e. The Morgan fingerprint density at radius 1 is 1.27 bits per heavy atom. The van der Waals surface area contributed by atoms with Crippen LogP contribution in [0.25, 0.3) is 11.3 Å². The summed E-state index contributed by atoms with van der Waals surface area (Å²) in [5.74, 6) is -1.30. The van der Waals surface area contributed by atoms with E-state index >= 15 is 0 Å². The normalized spacial score (nSPS) is 11.3. The van der Waals surface area contributed by atoms with Crippen LogP contribution in [0.5, 0.6) is 5.75 Å². The zero-order chi connectivity index (χ0) is 16.5. The molecule has 10 heteroatoms. The fourth-order valence-electron chi connectivity index (χ4n) is 1.68. The molecule has 0 aliphatic rings. The number of benzene rings is 1. The molecule has 0 fully saturated rings. The lowest BCUT2D eigenvalue weighted by Crippen LogP contribution is -2.21. The predicted octanol–water partition coefficient (Wildman–Crippen LogP) is 2.25. The van der Waals surface area contributed by atoms with E-state index in [0.717, 1.165) is 16.7 Å². The van der Waals surface area contributed by atoms with E-state index in [-0.39, 0.29) is 5.69 Å². The molecular weight excluding hydrogens is 307 g/mol. The highest BCUT2D eigenvalue weighted by atomic mass is 19.4. The van der Waals surface area contributed by atoms with Crippen molar-refractivity contribution in [2.75, 3.05) is 0 Å². The summed E-state index contributed by atoms with van der Waals surface area (Å²) in [6.07, 6.45) is -3.57. The van der Waals surface area contributed by atoms with Gasteiger partial charge in [0.2, 0.25) is 0 Å². The number of halogens is 3. The molecule has 0 bridgehead atoms. The van der Waals surface area contributed by atoms with Crippen LogP contribution in [0.3, 0.4) is 0 Å². The number of rotatable bonds is 3. The van der Waals surface area contributed by atoms with Crippen LogP contribution >= 0.6 is 0 Å². The van der Waals surface area contributed by atoms with Crippen molar-refractivity contribution in [2.45, 2.75) is 6.36 Å². The van der Waals surface area contributed by atoms with E-state index in [1.807, 2.05) is 0 Å². The van der Waals surface area contributed by atoms with Crippen molar-refractivity contribution in [3.63, 3.8) is 0 Å². The van der Waals surface area contributed by atoms with Gasteiger partial charge in [-0.15, -0.1) is 13.2 Å². The zero-order valence-corrected chi connectivity index (χ0v) is 11.0. The highest BCUT2D eigenvalue weighted by molar-refractivity contribution is 5.60. The molecule has 0 amide bonds. The van der Waals surface area contributed by atoms with Gasteiger partial charge >= 0.3 is 17.7 Å². The molecule has 2 rings (SSSR count). The third kappa shape index (κ3) is 3.40. The summed E-state index contributed by atoms with van der Waals surface area (Å²) in [7, 11) is 1.31. The van der Waals surface area contributed by atoms with Crippen molar-refractivity contribution in [3.05, 3.63) is 50.9 Å². The predicted molar refractivity (Wildman–Crippen MR) is 68.3 cm³/mol. The first-order valence-electron chi connectivity index (χ1n) is 5.75. The molecule has 0 aliphatic heterocycles. The van der Waals surface area contributed by atoms with Crippen LogP contribution in [-0.4, -0.2) is 20.8 Å². The Labute approximate surface area is 120 Å². The Balaban J connectivity index is 2.41. The Morgan fingerprint density at radius 2 is 1.86 bits per heavy atom. The number of nitro groups is 1. The molecule has 0 saturated carbocycles. The molecule has 0 spiro atoms. The molecule has 0 radical (unpaired) electrons. The number of alkyl halides is 3. The minimum atomic E-state index is -4.81. The number of aromatic nitrogens is 2. The molecule has 0 unspecified atom stereocenters. The first-order chi connectivity index (χ1) is 10.2. The zero-order valence-electron chi connectivity index (χ0n) is 11.0. The summed E-state index contributed by atoms with van der Waals surface area (Å²) >= 11 is 0. The van der Waals surface area contributed by atoms with Gasteiger partial charge in [0.1, 0.15) is 5.75 Å². The van der Waals surface area contributed by atoms with E-state index in [9.17, 15) is 28.1 Å². The van der Waals surface area contributed by atoms with Crippen LogP contribution in [0.1, 0.15) is 0 Å². The van der Waals surface area contributed by atoms with Gasteiger partial charge < -0.3 is 19.4 Å². The van der Waals surface area contributed by atoms with Crippen molar-refractivity contribution in [1.29, 1.82) is 0 Å². The van der Waals surface area contributed by atoms with Gasteiger partial charge in [-0.1, -0.05) is 0 Å². The van der Waals surface area contributed by atoms with Crippen LogP contribution in [0, 0.1) is 10.1 Å². The van der Waals surface area contributed by atoms with E-state index in [0.29, 0.717) is 5.56 Å². The largest absolute Gasteiger partial charge is 0.573 e. The molecule has 116 valence electrons. The average Bonchev–Trinajstić information content (AvgIpc) is 2.40. The molecule has 0 atom stereocenters. The van der Waals surface area contributed by atoms with Gasteiger partial charge in [-0.25, -0.2) is 0 Å². The highest BCUT2D eigenvalue weighted by Gasteiger charge is 2.31. The Bertz CT molecular complexity index is 769. The molecule has 1 aromatic heterocycles. The Kier molecular flexibility index (Phi) is 3.85. The second-order valence-electron chi connectivity index (χ2n) is 4.20. The third-order valence-corrected chi connectivity index (χ3v) is 2.61. The van der Waals surface area contributed by atoms with E-state index in [1.54, 1.807) is 0 Å². The van der Waals surface area contributed by atoms with Gasteiger partial charge in [-0.05, 0) is 34.2 Å². The van der Waals surface area contributed by atoms with Gasteiger partial charge in [0.25, 0.3) is 0 Å². The summed E-state index contributed by atoms with van der Waals surface area (Å²) in [6, 6.07) is 4.58. The summed E-state index contributed by atoms with van der Waals surface area (Å²) in [4.78, 5) is 25.0. The molecular formula is C12H8F3N3O4. The van der Waals surface area contributed by atoms with Crippen molar-refractivity contribution >= 4 is 5.82 Å². The minimum Gasteiger partial charge on any atom is -0.406 e. The molecule has 0 saturated heterocycles. The van der Waals surface area contributed by atoms with Gasteiger partial charge in [0.15, 0.2) is 5.69 Å². The lowest BCUT2D eigenvalue weighted by molar-refractivity contribution is -0.391. The number of ether oxygens (including phenoxy) is 1. The Morgan fingerprint density at radius 3 is 2.36 bits per heavy atom. The maximum atomic E-state index is 12.1. The van der Waals surface area contributed by atoms with Crippen molar-refractivity contribution in [1.82, 2.24) is 9.55 Å². The smallest absolute Gasteiger partial charge is 0.406 e. The summed E-state index contributed by atoms with van der Waals surface area (Å²) < 4.78 is 40.9. The maximum absolute atomic E-state index is 12.1. The van der Waals surface area contributed by atoms with Gasteiger partial charge in [-0.3, -0.25) is 4.79 Å². The molecule has 1 heterocycles. The van der Waals surface area contributed by atoms with E-state index in [1.165, 1.54) is 25.4 Å². The van der Waals surface area contributed by atoms with Gasteiger partial charge in [0.05, 0.1) is 6.20 Å². The van der Waals surface area contributed by atoms with Crippen LogP contribution in [0.2, 0.25) is 0 Å². The van der Waals surface area contributed by atoms with Crippen LogP contribution in [0.15, 0.2) is 35.3 Å². The highest BCUT2D eigenvalue weighted by Crippen LogP contribution is 2.25. The van der Waals surface area contributed by atoms with Crippen LogP contribution < -0.4 is 10.3 Å². The van der Waals surface area contributed by atoms with Gasteiger partial charge in [-0.2, -0.15) is 0 Å². The molecule has 0 N–H and O–H groups in total. The van der Waals surface area contributed by atoms with E-state index in [2.05, 4.69) is 9.72 Å². The lowest BCUT2D eigenvalue weighted by Gasteiger charge is -2.08. The number of nitrogens with zero attached hydrogens (tertiary/aromatic N) is 3. The number of hydrogen-bond donors (Lipinski definition) is 0. The summed E-state index contributed by atoms with van der Waals surface area (Å²) in [5, 5.41) is 10.8. The topological polar surface area (TPSA) is 87.3 Å². The molecule has 0 aliphatic carbocycles. The molecule has 2 aromatic rings. The fraction of sp³-hybridized carbons (Fsp3) is 0.167. The monoisotopic (exact) mass is 315 g/mol. The van der Waals surface area contributed by atoms with Crippen molar-refractivity contribution < 1.29 is 22.8 Å². The SMILES string of the molecule is Cn1cc(-c2ccc(OC(F)(F)F)cc2)nc([N+](=O)[O-])c1=O. The summed E-state index contributed by atoms with van der Waals surface area (Å²) in [5.41, 5.74) is -0.508. The Hall–Kier alpha value is -2.91. The fourth-order valence-corrected chi connectivity index (χ4v) is 1.68. The first-order valence-corrected chi connectivity index (χ1v) is 5.75. The standard InChI is InChI=1S/C12H8F3N3O4/c1-17-6-9(16-10(11(17)19)18(20)21)7-2-4-8(5-3-7)22-12(13,14)15/h2-6H,1H3. The van der Waals surface area contributed by atoms with Crippen molar-refractivity contribution in [3.8, 4) is 17.0 Å². The van der Waals surface area contributed by atoms with E-state index in [4.69, 9.17) is 0 Å². The second kappa shape index (κ2) is 5.47. The lowest BCUT2D eigenvalue weighted by atomic mass is 10.1. The first kappa shape index (κ1) is 15.5. The second-order valence-corrected chi connectivity index (χ2v) is 4.20. The molecule has 1 aromatic carbocycles. The summed E-state index contributed by atoms with van der Waals surface area (Å²) in [6.45, 7) is 0. The molecule has 22 heavy (non-hydrogen) atoms. The number of hydrogen-bond acceptors (Lipinski definition) is 5. The van der Waals surface area contributed by atoms with Crippen LogP contribution in [0.4, 0.5) is 19.0 Å². The minimum absolute atomic E-state index is 0.0763. The average molecular weight is 315 g/mol. The quantitative estimate of drug-likeness (QED) is 0.640. The van der Waals surface area contributed by atoms with Gasteiger partial charge in [0, 0.05) is 12.6 Å². The van der Waals surface area contributed by atoms with Crippen LogP contribution in [-0.2, 0) is 7.05 Å². The molecule has 7 nitrogen and oxygen atoms in total. The van der Waals surface area contributed by atoms with E-state index < -0.39 is 28.4 Å². The van der Waals surface area contributed by atoms with Crippen molar-refractivity contribution in [2.24, 2.45) is 7.05 Å².